The first-order valence-corrected chi connectivity index (χ1v) is 8.46. The molecule has 0 fully saturated rings. The van der Waals surface area contributed by atoms with Crippen molar-refractivity contribution < 1.29 is 0 Å². The maximum Gasteiger partial charge on any atom is 0.133 e. The molecule has 1 aliphatic heterocycles. The summed E-state index contributed by atoms with van der Waals surface area (Å²) in [5.74, 6) is 0.909. The Balaban J connectivity index is 1.77. The monoisotopic (exact) mass is 350 g/mol. The highest BCUT2D eigenvalue weighted by Gasteiger charge is 2.23. The zero-order chi connectivity index (χ0) is 16.6. The Morgan fingerprint density at radius 3 is 2.70 bits per heavy atom. The number of hydrogen-bond acceptors (Lipinski definition) is 4. The van der Waals surface area contributed by atoms with E-state index in [4.69, 9.17) is 28.2 Å². The van der Waals surface area contributed by atoms with Crippen molar-refractivity contribution in [2.45, 2.75) is 45.7 Å². The molecule has 6 heteroatoms. The molecule has 0 unspecified atom stereocenters. The van der Waals surface area contributed by atoms with Crippen LogP contribution >= 0.6 is 23.2 Å². The van der Waals surface area contributed by atoms with E-state index in [1.165, 1.54) is 5.56 Å². The van der Waals surface area contributed by atoms with E-state index in [0.717, 1.165) is 43.1 Å². The number of hydrogen-bond donors (Lipinski definition) is 0. The topological polar surface area (TPSA) is 41.9 Å². The fourth-order valence-corrected chi connectivity index (χ4v) is 3.03. The summed E-state index contributed by atoms with van der Waals surface area (Å²) >= 11 is 12.2. The average Bonchev–Trinajstić information content (AvgIpc) is 2.49. The average molecular weight is 351 g/mol. The third-order valence-electron chi connectivity index (χ3n) is 3.96. The van der Waals surface area contributed by atoms with E-state index in [0.29, 0.717) is 10.2 Å². The van der Waals surface area contributed by atoms with Gasteiger partial charge in [0.15, 0.2) is 0 Å². The van der Waals surface area contributed by atoms with E-state index in [1.807, 2.05) is 12.3 Å². The van der Waals surface area contributed by atoms with Crippen LogP contribution < -0.4 is 0 Å². The van der Waals surface area contributed by atoms with Crippen LogP contribution in [-0.4, -0.2) is 26.4 Å². The van der Waals surface area contributed by atoms with Crippen molar-refractivity contribution in [3.05, 3.63) is 51.3 Å². The van der Waals surface area contributed by atoms with Crippen LogP contribution in [0.3, 0.4) is 0 Å². The van der Waals surface area contributed by atoms with Gasteiger partial charge in [0.1, 0.15) is 11.0 Å². The van der Waals surface area contributed by atoms with Crippen molar-refractivity contribution in [1.29, 1.82) is 0 Å². The van der Waals surface area contributed by atoms with Gasteiger partial charge in [-0.2, -0.15) is 0 Å². The van der Waals surface area contributed by atoms with E-state index in [1.54, 1.807) is 6.20 Å². The van der Waals surface area contributed by atoms with Crippen molar-refractivity contribution in [2.75, 3.05) is 6.54 Å². The van der Waals surface area contributed by atoms with Crippen LogP contribution in [-0.2, 0) is 24.9 Å². The molecule has 0 atom stereocenters. The van der Waals surface area contributed by atoms with Gasteiger partial charge in [-0.25, -0.2) is 15.0 Å². The summed E-state index contributed by atoms with van der Waals surface area (Å²) in [6.07, 6.45) is 4.46. The zero-order valence-electron chi connectivity index (χ0n) is 13.6. The lowest BCUT2D eigenvalue weighted by Gasteiger charge is -2.29. The number of fused-ring (bicyclic) bond motifs is 1. The fourth-order valence-electron chi connectivity index (χ4n) is 2.69. The normalized spacial score (nSPS) is 15.5. The summed E-state index contributed by atoms with van der Waals surface area (Å²) < 4.78 is 0. The summed E-state index contributed by atoms with van der Waals surface area (Å²) in [7, 11) is 0. The van der Waals surface area contributed by atoms with E-state index < -0.39 is 0 Å². The molecule has 2 aromatic rings. The number of nitrogens with zero attached hydrogens (tertiary/aromatic N) is 4. The van der Waals surface area contributed by atoms with Crippen molar-refractivity contribution in [3.63, 3.8) is 0 Å². The molecule has 1 aliphatic rings. The molecule has 0 radical (unpaired) electrons. The fraction of sp³-hybridized carbons (Fsp3) is 0.471. The number of pyridine rings is 1. The maximum absolute atomic E-state index is 6.17. The van der Waals surface area contributed by atoms with Gasteiger partial charge in [-0.1, -0.05) is 44.0 Å². The van der Waals surface area contributed by atoms with E-state index in [-0.39, 0.29) is 5.41 Å². The summed E-state index contributed by atoms with van der Waals surface area (Å²) in [5, 5.41) is 1.12. The molecule has 122 valence electrons. The minimum atomic E-state index is -0.0217. The summed E-state index contributed by atoms with van der Waals surface area (Å²) in [5.41, 5.74) is 3.29. The minimum Gasteiger partial charge on any atom is -0.294 e. The van der Waals surface area contributed by atoms with Crippen molar-refractivity contribution >= 4 is 23.2 Å². The van der Waals surface area contributed by atoms with Crippen LogP contribution in [0, 0.1) is 0 Å². The molecule has 0 saturated heterocycles. The van der Waals surface area contributed by atoms with Crippen LogP contribution in [0.15, 0.2) is 18.5 Å². The van der Waals surface area contributed by atoms with Crippen LogP contribution in [0.25, 0.3) is 0 Å². The molecule has 0 bridgehead atoms. The smallest absolute Gasteiger partial charge is 0.133 e. The Hall–Kier alpha value is -1.23. The minimum absolute atomic E-state index is 0.0217. The van der Waals surface area contributed by atoms with Gasteiger partial charge in [0, 0.05) is 60.7 Å². The van der Waals surface area contributed by atoms with E-state index in [2.05, 4.69) is 35.6 Å². The second-order valence-corrected chi connectivity index (χ2v) is 7.77. The molecule has 2 aromatic heterocycles. The first kappa shape index (κ1) is 16.6. The molecule has 4 nitrogen and oxygen atoms in total. The molecule has 0 N–H and O–H groups in total. The van der Waals surface area contributed by atoms with Crippen LogP contribution in [0.2, 0.25) is 10.2 Å². The van der Waals surface area contributed by atoms with Gasteiger partial charge in [0.2, 0.25) is 0 Å². The highest BCUT2D eigenvalue weighted by Crippen LogP contribution is 2.25. The Kier molecular flexibility index (Phi) is 4.59. The third kappa shape index (κ3) is 3.82. The Morgan fingerprint density at radius 1 is 1.17 bits per heavy atom. The summed E-state index contributed by atoms with van der Waals surface area (Å²) in [6.45, 7) is 8.90. The van der Waals surface area contributed by atoms with Crippen LogP contribution in [0.4, 0.5) is 0 Å². The molecule has 0 amide bonds. The number of halogens is 2. The molecule has 3 heterocycles. The number of aromatic nitrogens is 3. The lowest BCUT2D eigenvalue weighted by Crippen LogP contribution is -2.32. The van der Waals surface area contributed by atoms with Crippen LogP contribution in [0.1, 0.15) is 43.4 Å². The molecular weight excluding hydrogens is 331 g/mol. The SMILES string of the molecule is CC(C)(C)c1ncc2c(n1)CCN(Cc1cc(Cl)cnc1Cl)C2. The quantitative estimate of drug-likeness (QED) is 0.766. The predicted octanol–water partition coefficient (Wildman–Crippen LogP) is 4.03. The molecule has 0 aliphatic carbocycles. The van der Waals surface area contributed by atoms with Gasteiger partial charge >= 0.3 is 0 Å². The molecule has 23 heavy (non-hydrogen) atoms. The molecule has 0 aromatic carbocycles. The molecular formula is C17H20Cl2N4. The summed E-state index contributed by atoms with van der Waals surface area (Å²) in [6, 6.07) is 1.88. The van der Waals surface area contributed by atoms with Crippen molar-refractivity contribution in [3.8, 4) is 0 Å². The Labute approximate surface area is 146 Å². The van der Waals surface area contributed by atoms with Crippen molar-refractivity contribution in [2.24, 2.45) is 0 Å². The van der Waals surface area contributed by atoms with Crippen LogP contribution in [0.5, 0.6) is 0 Å². The summed E-state index contributed by atoms with van der Waals surface area (Å²) in [4.78, 5) is 15.7. The van der Waals surface area contributed by atoms with Crippen molar-refractivity contribution in [1.82, 2.24) is 19.9 Å². The largest absolute Gasteiger partial charge is 0.294 e. The standard InChI is InChI=1S/C17H20Cl2N4/c1-17(2,3)16-21-7-12-10-23(5-4-14(12)22-16)9-11-6-13(18)8-20-15(11)19/h6-8H,4-5,9-10H2,1-3H3. The molecule has 3 rings (SSSR count). The van der Waals surface area contributed by atoms with Gasteiger partial charge in [0.05, 0.1) is 5.02 Å². The first-order valence-electron chi connectivity index (χ1n) is 7.70. The van der Waals surface area contributed by atoms with Gasteiger partial charge in [-0.15, -0.1) is 0 Å². The highest BCUT2D eigenvalue weighted by atomic mass is 35.5. The molecule has 0 spiro atoms. The van der Waals surface area contributed by atoms with Gasteiger partial charge in [-0.3, -0.25) is 4.90 Å². The maximum atomic E-state index is 6.17. The molecule has 0 saturated carbocycles. The first-order chi connectivity index (χ1) is 10.8. The van der Waals surface area contributed by atoms with Gasteiger partial charge in [-0.05, 0) is 6.07 Å². The van der Waals surface area contributed by atoms with E-state index >= 15 is 0 Å². The lowest BCUT2D eigenvalue weighted by molar-refractivity contribution is 0.242. The predicted molar refractivity (Wildman–Crippen MR) is 92.8 cm³/mol. The third-order valence-corrected chi connectivity index (χ3v) is 4.50. The van der Waals surface area contributed by atoms with E-state index in [9.17, 15) is 0 Å². The second-order valence-electron chi connectivity index (χ2n) is 6.98. The second kappa shape index (κ2) is 6.34. The Morgan fingerprint density at radius 2 is 1.96 bits per heavy atom. The highest BCUT2D eigenvalue weighted by molar-refractivity contribution is 6.32. The number of rotatable bonds is 2. The lowest BCUT2D eigenvalue weighted by atomic mass is 9.95. The zero-order valence-corrected chi connectivity index (χ0v) is 15.1. The Bertz CT molecular complexity index is 725. The van der Waals surface area contributed by atoms with Gasteiger partial charge < -0.3 is 0 Å². The van der Waals surface area contributed by atoms with Gasteiger partial charge in [0.25, 0.3) is 0 Å².